The summed E-state index contributed by atoms with van der Waals surface area (Å²) < 4.78 is 7.12. The van der Waals surface area contributed by atoms with Crippen LogP contribution in [0.1, 0.15) is 45.0 Å². The SMILES string of the molecule is CC(C)(C)OC(=O)NCC(C)(C)n1ccc(C(=O)NCC(=O)Nc2nc(-c3cccc(-c4ccncc4)c3)cs2)c1. The first-order chi connectivity index (χ1) is 19.4. The average molecular weight is 575 g/mol. The summed E-state index contributed by atoms with van der Waals surface area (Å²) in [5.74, 6) is -0.770. The fourth-order valence-corrected chi connectivity index (χ4v) is 4.63. The van der Waals surface area contributed by atoms with Crippen LogP contribution in [0.15, 0.2) is 72.6 Å². The van der Waals surface area contributed by atoms with Gasteiger partial charge in [0.1, 0.15) is 5.60 Å². The zero-order valence-corrected chi connectivity index (χ0v) is 24.5. The Balaban J connectivity index is 1.28. The lowest BCUT2D eigenvalue weighted by molar-refractivity contribution is -0.115. The summed E-state index contributed by atoms with van der Waals surface area (Å²) in [6, 6.07) is 13.5. The van der Waals surface area contributed by atoms with Crippen LogP contribution in [0.25, 0.3) is 22.4 Å². The van der Waals surface area contributed by atoms with Crippen LogP contribution in [0.2, 0.25) is 0 Å². The first-order valence-corrected chi connectivity index (χ1v) is 14.0. The molecular weight excluding hydrogens is 540 g/mol. The minimum Gasteiger partial charge on any atom is -0.444 e. The topological polar surface area (TPSA) is 127 Å². The molecule has 0 radical (unpaired) electrons. The van der Waals surface area contributed by atoms with E-state index in [-0.39, 0.29) is 18.4 Å². The van der Waals surface area contributed by atoms with E-state index in [9.17, 15) is 14.4 Å². The van der Waals surface area contributed by atoms with Gasteiger partial charge in [0.15, 0.2) is 5.13 Å². The molecule has 0 atom stereocenters. The van der Waals surface area contributed by atoms with Gasteiger partial charge in [0.25, 0.3) is 5.91 Å². The normalized spacial score (nSPS) is 11.5. The molecular formula is C30H34N6O4S. The largest absolute Gasteiger partial charge is 0.444 e. The molecule has 0 saturated heterocycles. The molecule has 0 fully saturated rings. The lowest BCUT2D eigenvalue weighted by atomic mass is 10.0. The molecule has 0 aliphatic rings. The second-order valence-electron chi connectivity index (χ2n) is 11.1. The summed E-state index contributed by atoms with van der Waals surface area (Å²) in [6.07, 6.45) is 6.43. The van der Waals surface area contributed by atoms with Crippen molar-refractivity contribution >= 4 is 34.4 Å². The van der Waals surface area contributed by atoms with E-state index in [2.05, 4.69) is 25.9 Å². The Bertz CT molecular complexity index is 1520. The van der Waals surface area contributed by atoms with E-state index in [1.807, 2.05) is 60.2 Å². The molecule has 214 valence electrons. The number of hydrogen-bond donors (Lipinski definition) is 3. The summed E-state index contributed by atoms with van der Waals surface area (Å²) in [5, 5.41) is 10.5. The van der Waals surface area contributed by atoms with E-state index in [4.69, 9.17) is 4.74 Å². The Labute approximate surface area is 243 Å². The van der Waals surface area contributed by atoms with Gasteiger partial charge >= 0.3 is 6.09 Å². The summed E-state index contributed by atoms with van der Waals surface area (Å²) in [5.41, 5.74) is 3.06. The van der Waals surface area contributed by atoms with E-state index in [1.54, 1.807) is 51.6 Å². The number of rotatable bonds is 9. The summed E-state index contributed by atoms with van der Waals surface area (Å²) in [4.78, 5) is 45.8. The standard InChI is InChI=1S/C30H34N6O4S/c1-29(2,3)40-28(39)33-19-30(4,5)36-14-11-23(17-36)26(38)32-16-25(37)35-27-34-24(18-41-27)22-8-6-7-21(15-22)20-9-12-31-13-10-20/h6-15,17-18H,16,19H2,1-5H3,(H,32,38)(H,33,39)(H,34,35,37). The van der Waals surface area contributed by atoms with Gasteiger partial charge in [0.2, 0.25) is 5.91 Å². The van der Waals surface area contributed by atoms with Gasteiger partial charge in [-0.05, 0) is 70.0 Å². The van der Waals surface area contributed by atoms with Gasteiger partial charge in [-0.15, -0.1) is 11.3 Å². The highest BCUT2D eigenvalue weighted by Gasteiger charge is 2.24. The summed E-state index contributed by atoms with van der Waals surface area (Å²) in [7, 11) is 0. The minimum atomic E-state index is -0.589. The van der Waals surface area contributed by atoms with Crippen LogP contribution in [-0.2, 0) is 15.1 Å². The van der Waals surface area contributed by atoms with Crippen LogP contribution >= 0.6 is 11.3 Å². The molecule has 11 heteroatoms. The van der Waals surface area contributed by atoms with E-state index >= 15 is 0 Å². The molecule has 4 rings (SSSR count). The van der Waals surface area contributed by atoms with Crippen molar-refractivity contribution in [2.75, 3.05) is 18.4 Å². The molecule has 3 heterocycles. The van der Waals surface area contributed by atoms with Crippen LogP contribution in [0.4, 0.5) is 9.93 Å². The van der Waals surface area contributed by atoms with E-state index in [0.29, 0.717) is 17.2 Å². The number of alkyl carbamates (subject to hydrolysis) is 1. The second-order valence-corrected chi connectivity index (χ2v) is 11.9. The smallest absolute Gasteiger partial charge is 0.407 e. The predicted octanol–water partition coefficient (Wildman–Crippen LogP) is 5.30. The average Bonchev–Trinajstić information content (AvgIpc) is 3.61. The Morgan fingerprint density at radius 3 is 2.41 bits per heavy atom. The highest BCUT2D eigenvalue weighted by Crippen LogP contribution is 2.28. The van der Waals surface area contributed by atoms with Crippen molar-refractivity contribution < 1.29 is 19.1 Å². The van der Waals surface area contributed by atoms with Crippen molar-refractivity contribution in [3.05, 3.63) is 78.2 Å². The van der Waals surface area contributed by atoms with Gasteiger partial charge in [-0.25, -0.2) is 9.78 Å². The number of pyridine rings is 1. The van der Waals surface area contributed by atoms with Crippen molar-refractivity contribution in [1.82, 2.24) is 25.2 Å². The van der Waals surface area contributed by atoms with Crippen molar-refractivity contribution in [3.8, 4) is 22.4 Å². The van der Waals surface area contributed by atoms with Gasteiger partial charge < -0.3 is 25.3 Å². The Morgan fingerprint density at radius 2 is 1.68 bits per heavy atom. The number of benzene rings is 1. The molecule has 4 aromatic rings. The number of carbonyl (C=O) groups excluding carboxylic acids is 3. The van der Waals surface area contributed by atoms with Crippen LogP contribution in [0.3, 0.4) is 0 Å². The van der Waals surface area contributed by atoms with Gasteiger partial charge in [0.05, 0.1) is 23.3 Å². The fourth-order valence-electron chi connectivity index (χ4n) is 3.89. The minimum absolute atomic E-state index is 0.208. The number of anilines is 1. The molecule has 0 unspecified atom stereocenters. The molecule has 3 aromatic heterocycles. The molecule has 1 aromatic carbocycles. The van der Waals surface area contributed by atoms with Crippen LogP contribution in [0, 0.1) is 0 Å². The highest BCUT2D eigenvalue weighted by molar-refractivity contribution is 7.14. The molecule has 3 amide bonds. The highest BCUT2D eigenvalue weighted by atomic mass is 32.1. The third-order valence-corrected chi connectivity index (χ3v) is 6.81. The van der Waals surface area contributed by atoms with E-state index in [1.165, 1.54) is 11.3 Å². The van der Waals surface area contributed by atoms with Gasteiger partial charge in [-0.1, -0.05) is 18.2 Å². The molecule has 0 bridgehead atoms. The van der Waals surface area contributed by atoms with Gasteiger partial charge in [-0.3, -0.25) is 14.6 Å². The number of nitrogens with zero attached hydrogens (tertiary/aromatic N) is 3. The molecule has 41 heavy (non-hydrogen) atoms. The molecule has 0 aliphatic heterocycles. The summed E-state index contributed by atoms with van der Waals surface area (Å²) in [6.45, 7) is 9.34. The zero-order valence-electron chi connectivity index (χ0n) is 23.7. The Morgan fingerprint density at radius 1 is 0.951 bits per heavy atom. The number of nitrogens with one attached hydrogen (secondary N) is 3. The maximum atomic E-state index is 12.7. The van der Waals surface area contributed by atoms with Gasteiger partial charge in [-0.2, -0.15) is 0 Å². The maximum Gasteiger partial charge on any atom is 0.407 e. The Kier molecular flexibility index (Phi) is 8.87. The molecule has 0 aliphatic carbocycles. The number of amides is 3. The zero-order chi connectivity index (χ0) is 29.6. The first kappa shape index (κ1) is 29.5. The first-order valence-electron chi connectivity index (χ1n) is 13.1. The Hall–Kier alpha value is -4.51. The molecule has 3 N–H and O–H groups in total. The maximum absolute atomic E-state index is 12.7. The lowest BCUT2D eigenvalue weighted by Gasteiger charge is -2.28. The second kappa shape index (κ2) is 12.3. The number of ether oxygens (including phenoxy) is 1. The van der Waals surface area contributed by atoms with E-state index in [0.717, 1.165) is 22.4 Å². The monoisotopic (exact) mass is 574 g/mol. The van der Waals surface area contributed by atoms with Crippen molar-refractivity contribution in [2.24, 2.45) is 0 Å². The molecule has 0 saturated carbocycles. The number of carbonyl (C=O) groups is 3. The third kappa shape index (κ3) is 8.24. The van der Waals surface area contributed by atoms with Crippen molar-refractivity contribution in [2.45, 2.75) is 45.8 Å². The quantitative estimate of drug-likeness (QED) is 0.249. The van der Waals surface area contributed by atoms with Gasteiger partial charge in [0, 0.05) is 42.3 Å². The summed E-state index contributed by atoms with van der Waals surface area (Å²) >= 11 is 1.31. The number of aromatic nitrogens is 3. The van der Waals surface area contributed by atoms with Crippen LogP contribution in [-0.4, -0.2) is 51.1 Å². The fraction of sp³-hybridized carbons (Fsp3) is 0.300. The molecule has 10 nitrogen and oxygen atoms in total. The molecule has 0 spiro atoms. The lowest BCUT2D eigenvalue weighted by Crippen LogP contribution is -2.42. The third-order valence-electron chi connectivity index (χ3n) is 6.05. The predicted molar refractivity (Wildman–Crippen MR) is 160 cm³/mol. The van der Waals surface area contributed by atoms with Crippen LogP contribution < -0.4 is 16.0 Å². The van der Waals surface area contributed by atoms with Crippen molar-refractivity contribution in [3.63, 3.8) is 0 Å². The van der Waals surface area contributed by atoms with Crippen LogP contribution in [0.5, 0.6) is 0 Å². The van der Waals surface area contributed by atoms with E-state index < -0.39 is 17.2 Å². The number of hydrogen-bond acceptors (Lipinski definition) is 7. The number of thiazole rings is 1. The van der Waals surface area contributed by atoms with Crippen molar-refractivity contribution in [1.29, 1.82) is 0 Å².